The molecule has 0 radical (unpaired) electrons. The molecule has 0 saturated heterocycles. The molecule has 3 N–H and O–H groups in total. The summed E-state index contributed by atoms with van der Waals surface area (Å²) in [6.45, 7) is 1.97. The predicted octanol–water partition coefficient (Wildman–Crippen LogP) is 0.202. The number of carboxylic acid groups (broad SMARTS) is 1. The number of unbranched alkanes of at least 4 members (excludes halogenated alkanes) is 1. The highest BCUT2D eigenvalue weighted by Crippen LogP contribution is 1.82. The third kappa shape index (κ3) is 3.93. The van der Waals surface area contributed by atoms with E-state index in [0.717, 1.165) is 6.42 Å². The van der Waals surface area contributed by atoms with Crippen LogP contribution in [0.2, 0.25) is 0 Å². The number of hydrogen-bond donors (Lipinski definition) is 2. The van der Waals surface area contributed by atoms with Crippen molar-refractivity contribution in [1.29, 1.82) is 0 Å². The fourth-order valence-corrected chi connectivity index (χ4v) is 0.369. The average Bonchev–Trinajstić information content (AvgIpc) is 1.88. The van der Waals surface area contributed by atoms with E-state index < -0.39 is 12.0 Å². The molecule has 56 valence electrons. The van der Waals surface area contributed by atoms with E-state index in [1.807, 2.05) is 6.92 Å². The Balaban J connectivity index is 3.68. The normalized spacial score (nSPS) is 11.4. The number of nitrogens with two attached hydrogens (primary N) is 1. The van der Waals surface area contributed by atoms with Crippen molar-refractivity contribution in [2.24, 2.45) is 5.73 Å². The molecule has 0 amide bonds. The molecule has 0 aliphatic heterocycles. The lowest BCUT2D eigenvalue weighted by atomic mass is 10.3. The summed E-state index contributed by atoms with van der Waals surface area (Å²) in [7, 11) is 0. The van der Waals surface area contributed by atoms with Crippen LogP contribution in [0.5, 0.6) is 0 Å². The summed E-state index contributed by atoms with van der Waals surface area (Å²) >= 11 is 0. The van der Waals surface area contributed by atoms with Gasteiger partial charge in [-0.3, -0.25) is 0 Å². The summed E-state index contributed by atoms with van der Waals surface area (Å²) < 4.78 is 0. The van der Waals surface area contributed by atoms with Crippen molar-refractivity contribution in [1.82, 2.24) is 0 Å². The van der Waals surface area contributed by atoms with Gasteiger partial charge in [0.05, 0.1) is 0 Å². The van der Waals surface area contributed by atoms with E-state index >= 15 is 0 Å². The van der Waals surface area contributed by atoms with E-state index in [1.165, 1.54) is 0 Å². The maximum Gasteiger partial charge on any atom is 0.333 e. The highest BCUT2D eigenvalue weighted by atomic mass is 16.4. The Morgan fingerprint density at radius 3 is 2.80 bits per heavy atom. The lowest BCUT2D eigenvalue weighted by molar-refractivity contribution is -0.137. The van der Waals surface area contributed by atoms with Crippen LogP contribution in [0.4, 0.5) is 0 Å². The van der Waals surface area contributed by atoms with Crippen molar-refractivity contribution in [2.45, 2.75) is 25.8 Å². The number of rotatable bonds is 2. The zero-order chi connectivity index (χ0) is 7.98. The lowest BCUT2D eigenvalue weighted by Gasteiger charge is -1.92. The first-order chi connectivity index (χ1) is 4.68. The van der Waals surface area contributed by atoms with Gasteiger partial charge < -0.3 is 10.8 Å². The highest BCUT2D eigenvalue weighted by Gasteiger charge is 2.04. The molecule has 0 unspecified atom stereocenters. The zero-order valence-corrected chi connectivity index (χ0v) is 5.92. The quantitative estimate of drug-likeness (QED) is 0.540. The average molecular weight is 141 g/mol. The molecule has 3 nitrogen and oxygen atoms in total. The molecule has 0 aromatic carbocycles. The Morgan fingerprint density at radius 2 is 2.40 bits per heavy atom. The van der Waals surface area contributed by atoms with Crippen LogP contribution < -0.4 is 5.73 Å². The topological polar surface area (TPSA) is 63.3 Å². The third-order valence-electron chi connectivity index (χ3n) is 0.899. The van der Waals surface area contributed by atoms with E-state index in [-0.39, 0.29) is 0 Å². The van der Waals surface area contributed by atoms with Gasteiger partial charge in [-0.25, -0.2) is 4.79 Å². The maximum absolute atomic E-state index is 10.1. The first-order valence-corrected chi connectivity index (χ1v) is 3.15. The van der Waals surface area contributed by atoms with Crippen LogP contribution in [-0.4, -0.2) is 17.1 Å². The fraction of sp³-hybridized carbons (Fsp3) is 0.571. The van der Waals surface area contributed by atoms with Gasteiger partial charge in [0.1, 0.15) is 0 Å². The number of aliphatic carboxylic acids is 1. The summed E-state index contributed by atoms with van der Waals surface area (Å²) in [6, 6.07) is -1.02. The second-order valence-electron chi connectivity index (χ2n) is 1.89. The first kappa shape index (κ1) is 8.99. The standard InChI is InChI=1S/C7H11NO2/c1-2-3-4-5-6(8)7(9)10/h6H,2-3,8H2,1H3,(H,9,10)/t6-/m0/s1. The minimum absolute atomic E-state index is 0.709. The Labute approximate surface area is 60.2 Å². The molecule has 0 saturated carbocycles. The largest absolute Gasteiger partial charge is 0.479 e. The molecule has 0 aliphatic carbocycles. The van der Waals surface area contributed by atoms with Gasteiger partial charge in [-0.15, -0.1) is 5.92 Å². The second kappa shape index (κ2) is 4.83. The van der Waals surface area contributed by atoms with Crippen LogP contribution in [0.1, 0.15) is 19.8 Å². The Bertz CT molecular complexity index is 166. The van der Waals surface area contributed by atoms with Gasteiger partial charge in [-0.2, -0.15) is 0 Å². The molecule has 10 heavy (non-hydrogen) atoms. The van der Waals surface area contributed by atoms with Crippen molar-refractivity contribution in [2.75, 3.05) is 0 Å². The summed E-state index contributed by atoms with van der Waals surface area (Å²) in [4.78, 5) is 10.1. The Morgan fingerprint density at radius 1 is 1.80 bits per heavy atom. The molecular weight excluding hydrogens is 130 g/mol. The minimum atomic E-state index is -1.07. The van der Waals surface area contributed by atoms with E-state index in [0.29, 0.717) is 6.42 Å². The molecule has 0 fully saturated rings. The second-order valence-corrected chi connectivity index (χ2v) is 1.89. The van der Waals surface area contributed by atoms with Crippen LogP contribution in [0.3, 0.4) is 0 Å². The molecule has 0 heterocycles. The minimum Gasteiger partial charge on any atom is -0.479 e. The number of carboxylic acids is 1. The molecule has 0 rings (SSSR count). The van der Waals surface area contributed by atoms with Crippen LogP contribution >= 0.6 is 0 Å². The lowest BCUT2D eigenvalue weighted by Crippen LogP contribution is -2.27. The predicted molar refractivity (Wildman–Crippen MR) is 38.3 cm³/mol. The Hall–Kier alpha value is -1.01. The molecular formula is C7H11NO2. The van der Waals surface area contributed by atoms with Crippen LogP contribution in [-0.2, 0) is 4.79 Å². The summed E-state index contributed by atoms with van der Waals surface area (Å²) in [5, 5.41) is 8.25. The van der Waals surface area contributed by atoms with Crippen molar-refractivity contribution in [3.05, 3.63) is 0 Å². The van der Waals surface area contributed by atoms with Gasteiger partial charge in [0, 0.05) is 6.42 Å². The van der Waals surface area contributed by atoms with Crippen molar-refractivity contribution in [3.63, 3.8) is 0 Å². The number of carbonyl (C=O) groups is 1. The highest BCUT2D eigenvalue weighted by molar-refractivity contribution is 5.76. The zero-order valence-electron chi connectivity index (χ0n) is 5.92. The SMILES string of the molecule is CCCC#C[C@H](N)C(=O)O. The van der Waals surface area contributed by atoms with Gasteiger partial charge in [0.25, 0.3) is 0 Å². The van der Waals surface area contributed by atoms with E-state index in [2.05, 4.69) is 11.8 Å². The summed E-state index contributed by atoms with van der Waals surface area (Å²) in [5.41, 5.74) is 5.08. The molecule has 1 atom stereocenters. The van der Waals surface area contributed by atoms with Crippen molar-refractivity contribution in [3.8, 4) is 11.8 Å². The monoisotopic (exact) mass is 141 g/mol. The van der Waals surface area contributed by atoms with Crippen molar-refractivity contribution < 1.29 is 9.90 Å². The van der Waals surface area contributed by atoms with Crippen LogP contribution in [0.15, 0.2) is 0 Å². The van der Waals surface area contributed by atoms with Crippen LogP contribution in [0.25, 0.3) is 0 Å². The van der Waals surface area contributed by atoms with Crippen molar-refractivity contribution >= 4 is 5.97 Å². The van der Waals surface area contributed by atoms with Gasteiger partial charge in [-0.05, 0) is 6.42 Å². The first-order valence-electron chi connectivity index (χ1n) is 3.15. The number of hydrogen-bond acceptors (Lipinski definition) is 2. The molecule has 0 aliphatic rings. The van der Waals surface area contributed by atoms with Gasteiger partial charge in [-0.1, -0.05) is 12.8 Å². The van der Waals surface area contributed by atoms with Crippen LogP contribution in [0, 0.1) is 11.8 Å². The third-order valence-corrected chi connectivity index (χ3v) is 0.899. The van der Waals surface area contributed by atoms with Gasteiger partial charge in [0.15, 0.2) is 6.04 Å². The molecule has 0 spiro atoms. The maximum atomic E-state index is 10.1. The summed E-state index contributed by atoms with van der Waals surface area (Å²) in [5.74, 6) is 4.01. The molecule has 3 heteroatoms. The molecule has 0 bridgehead atoms. The fourth-order valence-electron chi connectivity index (χ4n) is 0.369. The summed E-state index contributed by atoms with van der Waals surface area (Å²) in [6.07, 6.45) is 1.64. The Kier molecular flexibility index (Phi) is 4.34. The van der Waals surface area contributed by atoms with E-state index in [1.54, 1.807) is 0 Å². The molecule has 0 aromatic rings. The smallest absolute Gasteiger partial charge is 0.333 e. The van der Waals surface area contributed by atoms with E-state index in [9.17, 15) is 4.79 Å². The van der Waals surface area contributed by atoms with Gasteiger partial charge >= 0.3 is 5.97 Å². The van der Waals surface area contributed by atoms with E-state index in [4.69, 9.17) is 10.8 Å². The molecule has 0 aromatic heterocycles. The van der Waals surface area contributed by atoms with Gasteiger partial charge in [0.2, 0.25) is 0 Å².